The standard InChI is InChI=1S/C14H16F3N3S/c1-9-6-13(20(3)19-9)21-11-5-4-10(8-18-2)12(7-11)14(15,16)17/h4-7,18H,8H2,1-3H3. The molecule has 0 aliphatic rings. The van der Waals surface area contributed by atoms with E-state index in [1.165, 1.54) is 23.9 Å². The van der Waals surface area contributed by atoms with Crippen LogP contribution >= 0.6 is 11.8 Å². The zero-order valence-corrected chi connectivity index (χ0v) is 12.8. The van der Waals surface area contributed by atoms with E-state index in [-0.39, 0.29) is 12.1 Å². The van der Waals surface area contributed by atoms with Crippen LogP contribution in [0.15, 0.2) is 34.2 Å². The highest BCUT2D eigenvalue weighted by atomic mass is 32.2. The number of hydrogen-bond donors (Lipinski definition) is 1. The summed E-state index contributed by atoms with van der Waals surface area (Å²) in [4.78, 5) is 0.546. The summed E-state index contributed by atoms with van der Waals surface area (Å²) in [5.74, 6) is 0. The molecule has 7 heteroatoms. The number of alkyl halides is 3. The van der Waals surface area contributed by atoms with Gasteiger partial charge in [-0.2, -0.15) is 18.3 Å². The van der Waals surface area contributed by atoms with Crippen LogP contribution in [0.1, 0.15) is 16.8 Å². The third-order valence-corrected chi connectivity index (χ3v) is 4.02. The maximum atomic E-state index is 13.1. The number of rotatable bonds is 4. The molecule has 21 heavy (non-hydrogen) atoms. The zero-order chi connectivity index (χ0) is 15.6. The van der Waals surface area contributed by atoms with Crippen LogP contribution in [0.4, 0.5) is 13.2 Å². The molecule has 1 aromatic carbocycles. The molecule has 1 aromatic heterocycles. The molecule has 0 saturated carbocycles. The van der Waals surface area contributed by atoms with Crippen molar-refractivity contribution in [3.05, 3.63) is 41.1 Å². The van der Waals surface area contributed by atoms with Gasteiger partial charge in [-0.05, 0) is 37.7 Å². The molecular weight excluding hydrogens is 299 g/mol. The number of hydrogen-bond acceptors (Lipinski definition) is 3. The van der Waals surface area contributed by atoms with Crippen LogP contribution in [-0.2, 0) is 19.8 Å². The average Bonchev–Trinajstić information content (AvgIpc) is 2.69. The van der Waals surface area contributed by atoms with Crippen molar-refractivity contribution in [2.24, 2.45) is 7.05 Å². The van der Waals surface area contributed by atoms with Crippen molar-refractivity contribution < 1.29 is 13.2 Å². The van der Waals surface area contributed by atoms with Crippen molar-refractivity contribution >= 4 is 11.8 Å². The molecule has 0 amide bonds. The van der Waals surface area contributed by atoms with Crippen LogP contribution < -0.4 is 5.32 Å². The Balaban J connectivity index is 2.35. The van der Waals surface area contributed by atoms with Gasteiger partial charge in [0.25, 0.3) is 0 Å². The predicted octanol–water partition coefficient (Wildman–Crippen LogP) is 3.62. The minimum absolute atomic E-state index is 0.185. The second kappa shape index (κ2) is 6.11. The predicted molar refractivity (Wildman–Crippen MR) is 76.3 cm³/mol. The van der Waals surface area contributed by atoms with Crippen molar-refractivity contribution in [2.45, 2.75) is 29.6 Å². The maximum absolute atomic E-state index is 13.1. The Labute approximate surface area is 125 Å². The van der Waals surface area contributed by atoms with Crippen molar-refractivity contribution in [2.75, 3.05) is 7.05 Å². The fraction of sp³-hybridized carbons (Fsp3) is 0.357. The Hall–Kier alpha value is -1.47. The van der Waals surface area contributed by atoms with Crippen LogP contribution in [0.25, 0.3) is 0 Å². The Morgan fingerprint density at radius 1 is 1.29 bits per heavy atom. The molecule has 1 heterocycles. The van der Waals surface area contributed by atoms with E-state index >= 15 is 0 Å². The SMILES string of the molecule is CNCc1ccc(Sc2cc(C)nn2C)cc1C(F)(F)F. The summed E-state index contributed by atoms with van der Waals surface area (Å²) in [6, 6.07) is 6.26. The van der Waals surface area contributed by atoms with Gasteiger partial charge in [-0.15, -0.1) is 0 Å². The highest BCUT2D eigenvalue weighted by Gasteiger charge is 2.33. The van der Waals surface area contributed by atoms with E-state index in [9.17, 15) is 13.2 Å². The quantitative estimate of drug-likeness (QED) is 0.934. The molecule has 0 bridgehead atoms. The summed E-state index contributed by atoms with van der Waals surface area (Å²) in [5, 5.41) is 7.75. The second-order valence-electron chi connectivity index (χ2n) is 4.70. The molecule has 0 aliphatic heterocycles. The van der Waals surface area contributed by atoms with Crippen LogP contribution in [-0.4, -0.2) is 16.8 Å². The fourth-order valence-corrected chi connectivity index (χ4v) is 2.99. The smallest absolute Gasteiger partial charge is 0.316 e. The molecule has 0 spiro atoms. The van der Waals surface area contributed by atoms with Crippen molar-refractivity contribution in [1.29, 1.82) is 0 Å². The van der Waals surface area contributed by atoms with Crippen molar-refractivity contribution in [3.63, 3.8) is 0 Å². The third kappa shape index (κ3) is 3.79. The van der Waals surface area contributed by atoms with Crippen LogP contribution in [0.2, 0.25) is 0 Å². The van der Waals surface area contributed by atoms with E-state index in [0.29, 0.717) is 4.90 Å². The molecule has 0 atom stereocenters. The van der Waals surface area contributed by atoms with Crippen LogP contribution in [0.5, 0.6) is 0 Å². The summed E-state index contributed by atoms with van der Waals surface area (Å²) in [6.07, 6.45) is -4.36. The summed E-state index contributed by atoms with van der Waals surface area (Å²) in [6.45, 7) is 2.03. The van der Waals surface area contributed by atoms with Crippen LogP contribution in [0.3, 0.4) is 0 Å². The van der Waals surface area contributed by atoms with Gasteiger partial charge in [0.05, 0.1) is 16.3 Å². The minimum atomic E-state index is -4.36. The summed E-state index contributed by atoms with van der Waals surface area (Å²) < 4.78 is 41.0. The van der Waals surface area contributed by atoms with Crippen molar-refractivity contribution in [1.82, 2.24) is 15.1 Å². The molecule has 0 fully saturated rings. The molecule has 0 unspecified atom stereocenters. The highest BCUT2D eigenvalue weighted by molar-refractivity contribution is 7.99. The number of aryl methyl sites for hydroxylation is 2. The first kappa shape index (κ1) is 15.9. The molecule has 2 rings (SSSR count). The minimum Gasteiger partial charge on any atom is -0.316 e. The number of nitrogens with one attached hydrogen (secondary N) is 1. The Morgan fingerprint density at radius 3 is 2.52 bits per heavy atom. The number of aromatic nitrogens is 2. The van der Waals surface area contributed by atoms with Gasteiger partial charge in [0.1, 0.15) is 0 Å². The Bertz CT molecular complexity index is 635. The van der Waals surface area contributed by atoms with E-state index in [2.05, 4.69) is 10.4 Å². The highest BCUT2D eigenvalue weighted by Crippen LogP contribution is 2.36. The van der Waals surface area contributed by atoms with Gasteiger partial charge < -0.3 is 5.32 Å². The molecule has 0 aliphatic carbocycles. The lowest BCUT2D eigenvalue weighted by Crippen LogP contribution is -2.14. The number of halogens is 3. The molecule has 1 N–H and O–H groups in total. The molecular formula is C14H16F3N3S. The van der Waals surface area contributed by atoms with Gasteiger partial charge in [-0.1, -0.05) is 17.8 Å². The van der Waals surface area contributed by atoms with Crippen LogP contribution in [0, 0.1) is 6.92 Å². The number of benzene rings is 1. The average molecular weight is 315 g/mol. The lowest BCUT2D eigenvalue weighted by molar-refractivity contribution is -0.138. The van der Waals surface area contributed by atoms with E-state index in [4.69, 9.17) is 0 Å². The lowest BCUT2D eigenvalue weighted by Gasteiger charge is -2.14. The maximum Gasteiger partial charge on any atom is 0.416 e. The van der Waals surface area contributed by atoms with Crippen molar-refractivity contribution in [3.8, 4) is 0 Å². The summed E-state index contributed by atoms with van der Waals surface area (Å²) >= 11 is 1.27. The van der Waals surface area contributed by atoms with Gasteiger partial charge in [0.2, 0.25) is 0 Å². The normalized spacial score (nSPS) is 11.9. The largest absolute Gasteiger partial charge is 0.416 e. The van der Waals surface area contributed by atoms with E-state index in [0.717, 1.165) is 10.7 Å². The lowest BCUT2D eigenvalue weighted by atomic mass is 10.1. The fourth-order valence-electron chi connectivity index (χ4n) is 2.03. The first-order valence-corrected chi connectivity index (χ1v) is 7.16. The van der Waals surface area contributed by atoms with E-state index < -0.39 is 11.7 Å². The molecule has 0 radical (unpaired) electrons. The monoisotopic (exact) mass is 315 g/mol. The van der Waals surface area contributed by atoms with E-state index in [1.807, 2.05) is 13.0 Å². The zero-order valence-electron chi connectivity index (χ0n) is 12.0. The molecule has 0 saturated heterocycles. The van der Waals surface area contributed by atoms with Gasteiger partial charge in [0.15, 0.2) is 0 Å². The second-order valence-corrected chi connectivity index (χ2v) is 5.79. The Kier molecular flexibility index (Phi) is 4.63. The van der Waals surface area contributed by atoms with E-state index in [1.54, 1.807) is 24.8 Å². The molecule has 3 nitrogen and oxygen atoms in total. The first-order valence-electron chi connectivity index (χ1n) is 6.34. The molecule has 2 aromatic rings. The van der Waals surface area contributed by atoms with Gasteiger partial charge in [-0.3, -0.25) is 4.68 Å². The topological polar surface area (TPSA) is 29.9 Å². The first-order chi connectivity index (χ1) is 9.81. The van der Waals surface area contributed by atoms with Gasteiger partial charge in [-0.25, -0.2) is 0 Å². The third-order valence-electron chi connectivity index (χ3n) is 2.94. The summed E-state index contributed by atoms with van der Waals surface area (Å²) in [7, 11) is 3.40. The van der Waals surface area contributed by atoms with Gasteiger partial charge in [0, 0.05) is 18.5 Å². The van der Waals surface area contributed by atoms with Gasteiger partial charge >= 0.3 is 6.18 Å². The Morgan fingerprint density at radius 2 is 2.00 bits per heavy atom. The molecule has 114 valence electrons. The number of nitrogens with zero attached hydrogens (tertiary/aromatic N) is 2. The summed E-state index contributed by atoms with van der Waals surface area (Å²) in [5.41, 5.74) is 0.485.